The van der Waals surface area contributed by atoms with E-state index in [1.807, 2.05) is 4.68 Å². The Balaban J connectivity index is 2.09. The van der Waals surface area contributed by atoms with Crippen molar-refractivity contribution in [2.24, 2.45) is 0 Å². The summed E-state index contributed by atoms with van der Waals surface area (Å²) in [4.78, 5) is 4.27. The number of aromatic nitrogens is 3. The molecular weight excluding hydrogens is 180 g/mol. The van der Waals surface area contributed by atoms with Gasteiger partial charge in [-0.15, -0.1) is 0 Å². The molecule has 2 unspecified atom stereocenters. The average molecular weight is 196 g/mol. The summed E-state index contributed by atoms with van der Waals surface area (Å²) in [7, 11) is 1.75. The third-order valence-corrected chi connectivity index (χ3v) is 2.68. The van der Waals surface area contributed by atoms with E-state index < -0.39 is 0 Å². The Labute approximate surface area is 83.5 Å². The van der Waals surface area contributed by atoms with Crippen LogP contribution < -0.4 is 5.32 Å². The second-order valence-electron chi connectivity index (χ2n) is 3.49. The molecule has 0 radical (unpaired) electrons. The topological polar surface area (TPSA) is 52.0 Å². The van der Waals surface area contributed by atoms with E-state index in [9.17, 15) is 0 Å². The SMILES string of the molecule is CCn1ncnc1C1CC(OC)CN1. The van der Waals surface area contributed by atoms with Crippen molar-refractivity contribution in [3.63, 3.8) is 0 Å². The molecule has 1 aliphatic rings. The van der Waals surface area contributed by atoms with Crippen LogP contribution in [0.5, 0.6) is 0 Å². The van der Waals surface area contributed by atoms with Gasteiger partial charge in [0.15, 0.2) is 0 Å². The zero-order valence-corrected chi connectivity index (χ0v) is 8.60. The van der Waals surface area contributed by atoms with Gasteiger partial charge in [-0.1, -0.05) is 0 Å². The van der Waals surface area contributed by atoms with Gasteiger partial charge in [-0.2, -0.15) is 5.10 Å². The molecule has 78 valence electrons. The molecule has 2 heterocycles. The Morgan fingerprint density at radius 2 is 2.57 bits per heavy atom. The predicted octanol–water partition coefficient (Wildman–Crippen LogP) is 0.347. The average Bonchev–Trinajstić information content (AvgIpc) is 2.85. The first-order valence-electron chi connectivity index (χ1n) is 4.99. The number of methoxy groups -OCH3 is 1. The van der Waals surface area contributed by atoms with Crippen LogP contribution in [0, 0.1) is 0 Å². The molecule has 1 N–H and O–H groups in total. The first-order valence-corrected chi connectivity index (χ1v) is 4.99. The maximum atomic E-state index is 5.29. The minimum absolute atomic E-state index is 0.294. The van der Waals surface area contributed by atoms with Crippen LogP contribution in [0.25, 0.3) is 0 Å². The predicted molar refractivity (Wildman–Crippen MR) is 51.9 cm³/mol. The highest BCUT2D eigenvalue weighted by atomic mass is 16.5. The van der Waals surface area contributed by atoms with Gasteiger partial charge in [-0.3, -0.25) is 0 Å². The third-order valence-electron chi connectivity index (χ3n) is 2.68. The molecule has 1 aromatic rings. The van der Waals surface area contributed by atoms with Crippen molar-refractivity contribution in [2.45, 2.75) is 32.0 Å². The van der Waals surface area contributed by atoms with Crippen molar-refractivity contribution in [3.05, 3.63) is 12.2 Å². The number of rotatable bonds is 3. The molecule has 2 atom stereocenters. The highest BCUT2D eigenvalue weighted by Crippen LogP contribution is 2.22. The van der Waals surface area contributed by atoms with Crippen molar-refractivity contribution in [1.29, 1.82) is 0 Å². The van der Waals surface area contributed by atoms with Gasteiger partial charge >= 0.3 is 0 Å². The molecule has 5 heteroatoms. The fourth-order valence-corrected chi connectivity index (χ4v) is 1.87. The molecule has 1 aliphatic heterocycles. The molecule has 0 bridgehead atoms. The summed E-state index contributed by atoms with van der Waals surface area (Å²) in [6.45, 7) is 3.84. The van der Waals surface area contributed by atoms with Crippen molar-refractivity contribution >= 4 is 0 Å². The Bertz CT molecular complexity index is 299. The van der Waals surface area contributed by atoms with Gasteiger partial charge in [0.2, 0.25) is 0 Å². The van der Waals surface area contributed by atoms with E-state index in [1.54, 1.807) is 13.4 Å². The molecule has 1 aromatic heterocycles. The second-order valence-corrected chi connectivity index (χ2v) is 3.49. The quantitative estimate of drug-likeness (QED) is 0.757. The lowest BCUT2D eigenvalue weighted by molar-refractivity contribution is 0.117. The lowest BCUT2D eigenvalue weighted by atomic mass is 10.2. The van der Waals surface area contributed by atoms with Gasteiger partial charge in [0.05, 0.1) is 12.1 Å². The fraction of sp³-hybridized carbons (Fsp3) is 0.778. The number of hydrogen-bond donors (Lipinski definition) is 1. The minimum Gasteiger partial charge on any atom is -0.380 e. The third kappa shape index (κ3) is 1.65. The molecule has 14 heavy (non-hydrogen) atoms. The molecule has 5 nitrogen and oxygen atoms in total. The van der Waals surface area contributed by atoms with Crippen molar-refractivity contribution < 1.29 is 4.74 Å². The van der Waals surface area contributed by atoms with Crippen LogP contribution in [-0.4, -0.2) is 34.5 Å². The summed E-state index contributed by atoms with van der Waals surface area (Å²) < 4.78 is 7.22. The zero-order valence-electron chi connectivity index (χ0n) is 8.60. The zero-order chi connectivity index (χ0) is 9.97. The Hall–Kier alpha value is -0.940. The van der Waals surface area contributed by atoms with Crippen molar-refractivity contribution in [3.8, 4) is 0 Å². The van der Waals surface area contributed by atoms with Gasteiger partial charge in [0, 0.05) is 20.2 Å². The summed E-state index contributed by atoms with van der Waals surface area (Å²) in [5, 5.41) is 7.54. The van der Waals surface area contributed by atoms with Crippen LogP contribution in [0.1, 0.15) is 25.2 Å². The summed E-state index contributed by atoms with van der Waals surface area (Å²) in [5.41, 5.74) is 0. The van der Waals surface area contributed by atoms with Gasteiger partial charge in [0.1, 0.15) is 12.2 Å². The van der Waals surface area contributed by atoms with Crippen LogP contribution in [0.3, 0.4) is 0 Å². The number of nitrogens with zero attached hydrogens (tertiary/aromatic N) is 3. The lowest BCUT2D eigenvalue weighted by Crippen LogP contribution is -2.19. The van der Waals surface area contributed by atoms with Gasteiger partial charge in [-0.05, 0) is 13.3 Å². The molecule has 0 saturated carbocycles. The minimum atomic E-state index is 0.294. The summed E-state index contributed by atoms with van der Waals surface area (Å²) in [5.74, 6) is 1.02. The van der Waals surface area contributed by atoms with E-state index in [4.69, 9.17) is 4.74 Å². The van der Waals surface area contributed by atoms with E-state index in [1.165, 1.54) is 0 Å². The Kier molecular flexibility index (Phi) is 2.79. The molecule has 1 saturated heterocycles. The van der Waals surface area contributed by atoms with Crippen LogP contribution in [-0.2, 0) is 11.3 Å². The van der Waals surface area contributed by atoms with E-state index >= 15 is 0 Å². The highest BCUT2D eigenvalue weighted by Gasteiger charge is 2.28. The molecule has 0 aromatic carbocycles. The summed E-state index contributed by atoms with van der Waals surface area (Å²) in [6.07, 6.45) is 2.90. The smallest absolute Gasteiger partial charge is 0.144 e. The van der Waals surface area contributed by atoms with Crippen LogP contribution in [0.4, 0.5) is 0 Å². The molecule has 0 amide bonds. The van der Waals surface area contributed by atoms with Gasteiger partial charge in [0.25, 0.3) is 0 Å². The van der Waals surface area contributed by atoms with Crippen molar-refractivity contribution in [1.82, 2.24) is 20.1 Å². The second kappa shape index (κ2) is 4.06. The maximum Gasteiger partial charge on any atom is 0.144 e. The van der Waals surface area contributed by atoms with E-state index in [2.05, 4.69) is 22.3 Å². The molecular formula is C9H16N4O. The van der Waals surface area contributed by atoms with E-state index in [0.717, 1.165) is 25.3 Å². The largest absolute Gasteiger partial charge is 0.380 e. The van der Waals surface area contributed by atoms with E-state index in [-0.39, 0.29) is 0 Å². The highest BCUT2D eigenvalue weighted by molar-refractivity contribution is 4.99. The normalized spacial score (nSPS) is 27.0. The molecule has 2 rings (SSSR count). The van der Waals surface area contributed by atoms with Crippen LogP contribution >= 0.6 is 0 Å². The van der Waals surface area contributed by atoms with Gasteiger partial charge in [-0.25, -0.2) is 9.67 Å². The Morgan fingerprint density at radius 3 is 3.21 bits per heavy atom. The van der Waals surface area contributed by atoms with Crippen LogP contribution in [0.2, 0.25) is 0 Å². The first kappa shape index (κ1) is 9.61. The van der Waals surface area contributed by atoms with Crippen molar-refractivity contribution in [2.75, 3.05) is 13.7 Å². The number of aryl methyl sites for hydroxylation is 1. The Morgan fingerprint density at radius 1 is 1.71 bits per heavy atom. The summed E-state index contributed by atoms with van der Waals surface area (Å²) >= 11 is 0. The maximum absolute atomic E-state index is 5.29. The number of nitrogens with one attached hydrogen (secondary N) is 1. The molecule has 0 aliphatic carbocycles. The molecule has 1 fully saturated rings. The number of hydrogen-bond acceptors (Lipinski definition) is 4. The van der Waals surface area contributed by atoms with Crippen LogP contribution in [0.15, 0.2) is 6.33 Å². The number of ether oxygens (including phenoxy) is 1. The van der Waals surface area contributed by atoms with Gasteiger partial charge < -0.3 is 10.1 Å². The van der Waals surface area contributed by atoms with E-state index in [0.29, 0.717) is 12.1 Å². The first-order chi connectivity index (χ1) is 6.85. The standard InChI is InChI=1S/C9H16N4O/c1-3-13-9(11-6-12-13)8-4-7(14-2)5-10-8/h6-8,10H,3-5H2,1-2H3. The fourth-order valence-electron chi connectivity index (χ4n) is 1.87. The monoisotopic (exact) mass is 196 g/mol. The summed E-state index contributed by atoms with van der Waals surface area (Å²) in [6, 6.07) is 0.294. The lowest BCUT2D eigenvalue weighted by Gasteiger charge is -2.10. The molecule has 0 spiro atoms.